The monoisotopic (exact) mass is 553 g/mol. The molecule has 3 fully saturated rings. The van der Waals surface area contributed by atoms with Gasteiger partial charge in [0.2, 0.25) is 5.91 Å². The number of hydrogen-bond donors (Lipinski definition) is 1. The van der Waals surface area contributed by atoms with Gasteiger partial charge in [-0.3, -0.25) is 9.69 Å². The molecule has 3 saturated heterocycles. The fourth-order valence-corrected chi connectivity index (χ4v) is 6.81. The molecule has 38 heavy (non-hydrogen) atoms. The van der Waals surface area contributed by atoms with E-state index < -0.39 is 67.4 Å². The normalized spacial score (nSPS) is 36.2. The molecular weight excluding hydrogens is 527 g/mol. The summed E-state index contributed by atoms with van der Waals surface area (Å²) in [7, 11) is -2.43. The average molecular weight is 554 g/mol. The van der Waals surface area contributed by atoms with E-state index in [0.717, 1.165) is 17.0 Å². The number of fused-ring (bicyclic) bond motifs is 5. The summed E-state index contributed by atoms with van der Waals surface area (Å²) in [6.07, 6.45) is -5.35. The third-order valence-electron chi connectivity index (χ3n) is 8.20. The van der Waals surface area contributed by atoms with Crippen molar-refractivity contribution in [3.8, 4) is 12.1 Å². The molecule has 10 nitrogen and oxygen atoms in total. The minimum atomic E-state index is -4.89. The summed E-state index contributed by atoms with van der Waals surface area (Å²) in [4.78, 5) is 18.7. The SMILES string of the molecule is CCS(=O)(=O)N=C[C@]1(C)CC2(C)OC1(C)C1C(=O)N(c3ccc(C#N)c(C(F)(F)F)c3)C(O)[C@@]12C#[N+][N-]C. The molecule has 1 amide bonds. The molecule has 204 valence electrons. The van der Waals surface area contributed by atoms with Crippen molar-refractivity contribution in [3.05, 3.63) is 39.7 Å². The van der Waals surface area contributed by atoms with Crippen LogP contribution in [0.5, 0.6) is 0 Å². The van der Waals surface area contributed by atoms with Crippen LogP contribution in [-0.4, -0.2) is 55.9 Å². The Morgan fingerprint density at radius 2 is 2.03 bits per heavy atom. The van der Waals surface area contributed by atoms with Crippen LogP contribution in [0.2, 0.25) is 0 Å². The first-order valence-corrected chi connectivity index (χ1v) is 13.3. The van der Waals surface area contributed by atoms with Gasteiger partial charge in [-0.25, -0.2) is 8.42 Å². The minimum Gasteiger partial charge on any atom is -0.371 e. The maximum absolute atomic E-state index is 14.0. The number of benzene rings is 1. The molecule has 4 unspecified atom stereocenters. The Bertz CT molecular complexity index is 1450. The predicted molar refractivity (Wildman–Crippen MR) is 131 cm³/mol. The number of aliphatic hydroxyl groups excluding tert-OH is 1. The summed E-state index contributed by atoms with van der Waals surface area (Å²) in [5.74, 6) is -2.27. The lowest BCUT2D eigenvalue weighted by Gasteiger charge is -2.44. The minimum absolute atomic E-state index is 0.0846. The number of ether oxygens (including phenoxy) is 1. The lowest BCUT2D eigenvalue weighted by molar-refractivity contribution is -0.138. The van der Waals surface area contributed by atoms with Gasteiger partial charge < -0.3 is 15.3 Å². The van der Waals surface area contributed by atoms with Gasteiger partial charge in [0.1, 0.15) is 0 Å². The first-order chi connectivity index (χ1) is 17.5. The summed E-state index contributed by atoms with van der Waals surface area (Å²) in [6, 6.07) is 6.95. The van der Waals surface area contributed by atoms with Crippen LogP contribution < -0.4 is 4.90 Å². The largest absolute Gasteiger partial charge is 0.417 e. The van der Waals surface area contributed by atoms with Crippen molar-refractivity contribution in [1.29, 1.82) is 5.26 Å². The van der Waals surface area contributed by atoms with Crippen LogP contribution >= 0.6 is 0 Å². The van der Waals surface area contributed by atoms with Gasteiger partial charge in [-0.05, 0) is 45.4 Å². The molecule has 1 aromatic carbocycles. The topological polar surface area (TPSA) is 139 Å². The molecule has 1 aromatic rings. The molecule has 0 aliphatic carbocycles. The zero-order valence-electron chi connectivity index (χ0n) is 21.2. The van der Waals surface area contributed by atoms with Crippen LogP contribution in [0, 0.1) is 34.1 Å². The number of hydrogen-bond acceptors (Lipinski definition) is 6. The molecule has 2 bridgehead atoms. The van der Waals surface area contributed by atoms with E-state index >= 15 is 0 Å². The average Bonchev–Trinajstić information content (AvgIpc) is 3.29. The van der Waals surface area contributed by atoms with Gasteiger partial charge in [-0.2, -0.15) is 22.8 Å². The van der Waals surface area contributed by atoms with E-state index in [4.69, 9.17) is 10.00 Å². The second kappa shape index (κ2) is 8.40. The summed E-state index contributed by atoms with van der Waals surface area (Å²) in [5.41, 5.74) is -4.17. The zero-order chi connectivity index (χ0) is 28.5. The summed E-state index contributed by atoms with van der Waals surface area (Å²) < 4.78 is 75.5. The Balaban J connectivity index is 1.92. The quantitative estimate of drug-likeness (QED) is 0.448. The molecule has 14 heteroatoms. The Kier molecular flexibility index (Phi) is 6.15. The fourth-order valence-electron chi connectivity index (χ4n) is 6.27. The molecule has 1 N–H and O–H groups in total. The first kappa shape index (κ1) is 27.8. The summed E-state index contributed by atoms with van der Waals surface area (Å²) >= 11 is 0. The standard InChI is InChI=1S/C24H26F3N5O5S/c1-6-38(35,36)31-12-20(2)11-21(3)23(13-30-29-5)17(22(20,4)37-21)18(33)32(19(23)34)15-8-7-14(10-28)16(9-15)24(25,26)27/h7-9,12,17,19,34H,6,11H2,1-5H3/t17?,19?,20-,21?,22?,23+/m0/s1. The second-order valence-electron chi connectivity index (χ2n) is 10.3. The second-order valence-corrected chi connectivity index (χ2v) is 12.2. The van der Waals surface area contributed by atoms with Gasteiger partial charge in [0.25, 0.3) is 16.1 Å². The molecule has 4 rings (SSSR count). The third kappa shape index (κ3) is 3.54. The van der Waals surface area contributed by atoms with Gasteiger partial charge in [0.05, 0.1) is 40.1 Å². The molecule has 3 heterocycles. The van der Waals surface area contributed by atoms with Gasteiger partial charge in [-0.1, -0.05) is 14.0 Å². The van der Waals surface area contributed by atoms with E-state index in [1.54, 1.807) is 20.8 Å². The van der Waals surface area contributed by atoms with Crippen LogP contribution in [0.15, 0.2) is 22.6 Å². The van der Waals surface area contributed by atoms with Crippen molar-refractivity contribution in [1.82, 2.24) is 0 Å². The Morgan fingerprint density at radius 3 is 2.58 bits per heavy atom. The highest BCUT2D eigenvalue weighted by molar-refractivity contribution is 7.90. The molecule has 3 aliphatic rings. The van der Waals surface area contributed by atoms with Crippen molar-refractivity contribution in [3.63, 3.8) is 0 Å². The number of halogens is 3. The Labute approximate surface area is 217 Å². The summed E-state index contributed by atoms with van der Waals surface area (Å²) in [5, 5.41) is 20.8. The summed E-state index contributed by atoms with van der Waals surface area (Å²) in [6.45, 7) is 6.29. The number of amides is 1. The van der Waals surface area contributed by atoms with E-state index in [1.165, 1.54) is 26.3 Å². The molecule has 3 aliphatic heterocycles. The smallest absolute Gasteiger partial charge is 0.371 e. The third-order valence-corrected chi connectivity index (χ3v) is 9.35. The number of aliphatic hydroxyl groups is 1. The van der Waals surface area contributed by atoms with Gasteiger partial charge in [0.15, 0.2) is 11.6 Å². The van der Waals surface area contributed by atoms with E-state index in [-0.39, 0.29) is 17.9 Å². The first-order valence-electron chi connectivity index (χ1n) is 11.6. The van der Waals surface area contributed by atoms with Crippen LogP contribution in [0.4, 0.5) is 18.9 Å². The maximum Gasteiger partial charge on any atom is 0.417 e. The number of nitriles is 1. The van der Waals surface area contributed by atoms with E-state index in [9.17, 15) is 31.5 Å². The van der Waals surface area contributed by atoms with Crippen molar-refractivity contribution in [2.75, 3.05) is 17.7 Å². The van der Waals surface area contributed by atoms with Crippen molar-refractivity contribution in [2.45, 2.75) is 57.7 Å². The highest BCUT2D eigenvalue weighted by Crippen LogP contribution is 2.73. The Hall–Kier alpha value is -3.20. The number of carbonyl (C=O) groups excluding carboxylic acids is 1. The molecule has 0 saturated carbocycles. The molecule has 0 spiro atoms. The maximum atomic E-state index is 14.0. The predicted octanol–water partition coefficient (Wildman–Crippen LogP) is 3.47. The number of alkyl halides is 3. The van der Waals surface area contributed by atoms with Gasteiger partial charge >= 0.3 is 6.18 Å². The number of rotatable bonds is 4. The highest BCUT2D eigenvalue weighted by atomic mass is 32.2. The van der Waals surface area contributed by atoms with Crippen molar-refractivity contribution in [2.24, 2.45) is 21.1 Å². The van der Waals surface area contributed by atoms with Crippen LogP contribution in [0.3, 0.4) is 0 Å². The van der Waals surface area contributed by atoms with E-state index in [0.29, 0.717) is 6.07 Å². The van der Waals surface area contributed by atoms with E-state index in [2.05, 4.69) is 20.8 Å². The molecular formula is C24H26F3N5O5S. The number of nitrogens with zero attached hydrogens (tertiary/aromatic N) is 5. The van der Waals surface area contributed by atoms with Gasteiger partial charge in [0, 0.05) is 17.3 Å². The van der Waals surface area contributed by atoms with Crippen LogP contribution in [0.1, 0.15) is 45.2 Å². The lowest BCUT2D eigenvalue weighted by Crippen LogP contribution is -2.59. The van der Waals surface area contributed by atoms with Crippen LogP contribution in [-0.2, 0) is 25.7 Å². The molecule has 0 aromatic heterocycles. The van der Waals surface area contributed by atoms with Crippen molar-refractivity contribution >= 4 is 27.8 Å². The fraction of sp³-hybridized carbons (Fsp3) is 0.583. The van der Waals surface area contributed by atoms with Crippen molar-refractivity contribution < 1.29 is 36.2 Å². The molecule has 6 atom stereocenters. The van der Waals surface area contributed by atoms with Crippen LogP contribution in [0.25, 0.3) is 10.4 Å². The lowest BCUT2D eigenvalue weighted by atomic mass is 9.50. The number of sulfonamides is 1. The number of carbonyl (C=O) groups is 1. The Morgan fingerprint density at radius 1 is 1.37 bits per heavy atom. The number of anilines is 1. The van der Waals surface area contributed by atoms with Gasteiger partial charge in [-0.15, -0.1) is 4.95 Å². The highest BCUT2D eigenvalue weighted by Gasteiger charge is 2.87. The molecule has 0 radical (unpaired) electrons. The van der Waals surface area contributed by atoms with E-state index in [1.807, 2.05) is 0 Å². The zero-order valence-corrected chi connectivity index (χ0v) is 22.1.